The van der Waals surface area contributed by atoms with Crippen molar-refractivity contribution in [3.8, 4) is 0 Å². The summed E-state index contributed by atoms with van der Waals surface area (Å²) in [7, 11) is 0. The number of carbonyl (C=O) groups excluding carboxylic acids is 3. The third-order valence-corrected chi connectivity index (χ3v) is 13.6. The third kappa shape index (κ3) is 23.1. The Kier molecular flexibility index (Phi) is 26.9. The first kappa shape index (κ1) is 55.2. The Morgan fingerprint density at radius 2 is 1.29 bits per heavy atom. The molecule has 0 bridgehead atoms. The van der Waals surface area contributed by atoms with Gasteiger partial charge < -0.3 is 28.3 Å². The Balaban J connectivity index is 1.77. The fraction of sp³-hybridized carbons (Fsp3) is 0.808. The summed E-state index contributed by atoms with van der Waals surface area (Å²) in [5, 5.41) is 0. The van der Waals surface area contributed by atoms with Gasteiger partial charge >= 0.3 is 17.9 Å². The summed E-state index contributed by atoms with van der Waals surface area (Å²) < 4.78 is 32.0. The fourth-order valence-corrected chi connectivity index (χ4v) is 8.12. The van der Waals surface area contributed by atoms with E-state index in [1.165, 1.54) is 11.1 Å². The summed E-state index contributed by atoms with van der Waals surface area (Å²) in [5.41, 5.74) is 2.69. The summed E-state index contributed by atoms with van der Waals surface area (Å²) in [4.78, 5) is 42.7. The van der Waals surface area contributed by atoms with Crippen molar-refractivity contribution in [2.24, 2.45) is 28.6 Å². The molecule has 0 saturated heterocycles. The largest absolute Gasteiger partial charge is 0.466 e. The normalized spacial score (nSPS) is 18.6. The molecule has 1 saturated carbocycles. The van der Waals surface area contributed by atoms with Gasteiger partial charge in [-0.2, -0.15) is 0 Å². The van der Waals surface area contributed by atoms with Crippen LogP contribution in [0.3, 0.4) is 0 Å². The number of hydrogen-bond donors (Lipinski definition) is 0. The van der Waals surface area contributed by atoms with Gasteiger partial charge in [-0.05, 0) is 134 Å². The zero-order chi connectivity index (χ0) is 46.0. The first-order chi connectivity index (χ1) is 29.4. The molecule has 0 aromatic carbocycles. The lowest BCUT2D eigenvalue weighted by Crippen LogP contribution is -2.38. The van der Waals surface area contributed by atoms with Crippen LogP contribution in [-0.2, 0) is 44.6 Å². The van der Waals surface area contributed by atoms with E-state index < -0.39 is 6.29 Å². The first-order valence-electron chi connectivity index (χ1n) is 24.4. The molecule has 0 radical (unpaired) electrons. The van der Waals surface area contributed by atoms with Crippen LogP contribution < -0.4 is 0 Å². The highest BCUT2D eigenvalue weighted by atomic mass is 16.7. The van der Waals surface area contributed by atoms with Crippen LogP contribution in [0.1, 0.15) is 198 Å². The Morgan fingerprint density at radius 3 is 1.85 bits per heavy atom. The van der Waals surface area contributed by atoms with Crippen molar-refractivity contribution in [2.45, 2.75) is 223 Å². The molecular weight excluding hydrogens is 781 g/mol. The number of carbonyl (C=O) groups is 3. The van der Waals surface area contributed by atoms with E-state index in [1.54, 1.807) is 12.5 Å². The van der Waals surface area contributed by atoms with Gasteiger partial charge in [0.2, 0.25) is 0 Å². The van der Waals surface area contributed by atoms with E-state index in [9.17, 15) is 14.4 Å². The number of nitrogens with zero attached hydrogens (tertiary/aromatic N) is 2. The number of rotatable bonds is 34. The molecule has 62 heavy (non-hydrogen) atoms. The van der Waals surface area contributed by atoms with Gasteiger partial charge in [-0.15, -0.1) is 0 Å². The SMILES string of the molecule is CC(C)=CCCC(C)CCOC(CCC(=O)OCCCCCCC(CCCC(=O)O[C@@H]1C[C@H](C)C(C)(C)C1(C)C)OC(=O)CCCn1ccnc1)OCCC(C)CCC=C(C)C. The molecule has 1 heterocycles. The Labute approximate surface area is 378 Å². The van der Waals surface area contributed by atoms with Gasteiger partial charge in [-0.3, -0.25) is 14.4 Å². The second-order valence-corrected chi connectivity index (χ2v) is 20.1. The lowest BCUT2D eigenvalue weighted by molar-refractivity contribution is -0.161. The number of aromatic nitrogens is 2. The lowest BCUT2D eigenvalue weighted by Gasteiger charge is -2.40. The van der Waals surface area contributed by atoms with Crippen LogP contribution in [0.5, 0.6) is 0 Å². The number of aryl methyl sites for hydroxylation is 1. The molecule has 1 aromatic rings. The van der Waals surface area contributed by atoms with Crippen LogP contribution in [0.2, 0.25) is 0 Å². The molecule has 356 valence electrons. The number of esters is 3. The molecule has 1 aliphatic rings. The molecule has 0 amide bonds. The average Bonchev–Trinajstić information content (AvgIpc) is 3.76. The second-order valence-electron chi connectivity index (χ2n) is 20.1. The molecule has 1 fully saturated rings. The van der Waals surface area contributed by atoms with Gasteiger partial charge in [-0.1, -0.05) is 84.6 Å². The van der Waals surface area contributed by atoms with E-state index in [2.05, 4.69) is 93.3 Å². The van der Waals surface area contributed by atoms with Crippen molar-refractivity contribution < 1.29 is 38.1 Å². The molecule has 10 heteroatoms. The second kappa shape index (κ2) is 30.2. The van der Waals surface area contributed by atoms with Crippen LogP contribution in [0.25, 0.3) is 0 Å². The fourth-order valence-electron chi connectivity index (χ4n) is 8.12. The minimum Gasteiger partial charge on any atom is -0.466 e. The van der Waals surface area contributed by atoms with Crippen LogP contribution >= 0.6 is 0 Å². The van der Waals surface area contributed by atoms with Crippen molar-refractivity contribution in [3.63, 3.8) is 0 Å². The van der Waals surface area contributed by atoms with Crippen molar-refractivity contribution in [3.05, 3.63) is 42.0 Å². The maximum absolute atomic E-state index is 13.0. The van der Waals surface area contributed by atoms with Crippen LogP contribution in [-0.4, -0.2) is 65.8 Å². The summed E-state index contributed by atoms with van der Waals surface area (Å²) >= 11 is 0. The summed E-state index contributed by atoms with van der Waals surface area (Å²) in [6.07, 6.45) is 23.9. The van der Waals surface area contributed by atoms with Gasteiger partial charge in [0, 0.05) is 56.8 Å². The predicted molar refractivity (Wildman–Crippen MR) is 250 cm³/mol. The number of ether oxygens (including phenoxy) is 5. The number of imidazole rings is 1. The Morgan fingerprint density at radius 1 is 0.694 bits per heavy atom. The maximum atomic E-state index is 13.0. The van der Waals surface area contributed by atoms with E-state index in [4.69, 9.17) is 23.7 Å². The molecule has 1 aromatic heterocycles. The predicted octanol–water partition coefficient (Wildman–Crippen LogP) is 12.9. The Bertz CT molecular complexity index is 1410. The average molecular weight is 871 g/mol. The van der Waals surface area contributed by atoms with Gasteiger partial charge in [-0.25, -0.2) is 4.98 Å². The van der Waals surface area contributed by atoms with Crippen LogP contribution in [0.15, 0.2) is 42.0 Å². The van der Waals surface area contributed by atoms with E-state index in [-0.39, 0.29) is 47.4 Å². The minimum absolute atomic E-state index is 0.0820. The monoisotopic (exact) mass is 871 g/mol. The van der Waals surface area contributed by atoms with Gasteiger partial charge in [0.25, 0.3) is 0 Å². The van der Waals surface area contributed by atoms with E-state index >= 15 is 0 Å². The molecule has 0 N–H and O–H groups in total. The zero-order valence-corrected chi connectivity index (χ0v) is 41.3. The third-order valence-electron chi connectivity index (χ3n) is 13.6. The van der Waals surface area contributed by atoms with Gasteiger partial charge in [0.1, 0.15) is 12.2 Å². The van der Waals surface area contributed by atoms with Crippen molar-refractivity contribution in [1.82, 2.24) is 9.55 Å². The summed E-state index contributed by atoms with van der Waals surface area (Å²) in [5.74, 6) is 0.976. The van der Waals surface area contributed by atoms with E-state index in [1.807, 2.05) is 10.8 Å². The smallest absolute Gasteiger partial charge is 0.306 e. The van der Waals surface area contributed by atoms with Crippen LogP contribution in [0, 0.1) is 28.6 Å². The molecule has 10 nitrogen and oxygen atoms in total. The quantitative estimate of drug-likeness (QED) is 0.0219. The topological polar surface area (TPSA) is 115 Å². The van der Waals surface area contributed by atoms with Crippen molar-refractivity contribution in [2.75, 3.05) is 19.8 Å². The maximum Gasteiger partial charge on any atom is 0.306 e. The standard InChI is InChI=1S/C52H90N2O8/c1-40(2)20-16-22-42(5)30-36-59-50(60-37-31-43(6)23-17-21-41(3)4)29-28-47(55)58-35-15-13-12-14-24-45(61-48(56)27-19-33-54-34-32-53-39-54)25-18-26-49(57)62-46-38-44(7)51(8,9)52(46,10)11/h20-21,32,34,39,42-46,50H,12-19,22-31,33,35-38H2,1-11H3/t42?,43?,44-,45?,46+,50?/m0/s1. The highest BCUT2D eigenvalue weighted by molar-refractivity contribution is 5.70. The number of hydrogen-bond acceptors (Lipinski definition) is 9. The van der Waals surface area contributed by atoms with E-state index in [0.717, 1.165) is 77.0 Å². The molecule has 0 aliphatic heterocycles. The highest BCUT2D eigenvalue weighted by Crippen LogP contribution is 2.56. The van der Waals surface area contributed by atoms with Gasteiger partial charge in [0.15, 0.2) is 6.29 Å². The zero-order valence-electron chi connectivity index (χ0n) is 41.3. The number of allylic oxidation sites excluding steroid dienone is 4. The molecule has 5 atom stereocenters. The Hall–Kier alpha value is -2.98. The summed E-state index contributed by atoms with van der Waals surface area (Å²) in [6.45, 7) is 26.6. The first-order valence-corrected chi connectivity index (χ1v) is 24.4. The molecule has 0 spiro atoms. The van der Waals surface area contributed by atoms with Crippen molar-refractivity contribution in [1.29, 1.82) is 0 Å². The molecule has 3 unspecified atom stereocenters. The van der Waals surface area contributed by atoms with Gasteiger partial charge in [0.05, 0.1) is 19.4 Å². The van der Waals surface area contributed by atoms with Crippen LogP contribution in [0.4, 0.5) is 0 Å². The molecule has 2 rings (SSSR count). The van der Waals surface area contributed by atoms with Crippen molar-refractivity contribution >= 4 is 17.9 Å². The molecular formula is C52H90N2O8. The highest BCUT2D eigenvalue weighted by Gasteiger charge is 2.54. The van der Waals surface area contributed by atoms with E-state index in [0.29, 0.717) is 82.6 Å². The lowest BCUT2D eigenvalue weighted by atomic mass is 9.67. The molecule has 1 aliphatic carbocycles. The minimum atomic E-state index is -0.419. The number of unbranched alkanes of at least 4 members (excludes halogenated alkanes) is 3. The summed E-state index contributed by atoms with van der Waals surface area (Å²) in [6, 6.07) is 0.